The van der Waals surface area contributed by atoms with E-state index >= 15 is 0 Å². The smallest absolute Gasteiger partial charge is 0.264 e. The van der Waals surface area contributed by atoms with Gasteiger partial charge in [-0.3, -0.25) is 13.9 Å². The molecule has 3 aromatic carbocycles. The number of nitrogens with zero attached hydrogens (tertiary/aromatic N) is 2. The monoisotopic (exact) mass is 635 g/mol. The average Bonchev–Trinajstić information content (AvgIpc) is 2.99. The molecule has 0 aliphatic heterocycles. The van der Waals surface area contributed by atoms with Crippen molar-refractivity contribution >= 4 is 50.7 Å². The van der Waals surface area contributed by atoms with Gasteiger partial charge in [-0.05, 0) is 60.9 Å². The van der Waals surface area contributed by atoms with E-state index in [0.29, 0.717) is 40.7 Å². The van der Waals surface area contributed by atoms with E-state index in [4.69, 9.17) is 32.7 Å². The SMILES string of the molecule is CCCNC(=O)[C@@H](CC)N(Cc1ccccc1Cl)C(=O)CN(c1ccc(Cl)cc1)S(=O)(=O)c1ccc(OC)c(OC)c1. The van der Waals surface area contributed by atoms with Crippen LogP contribution < -0.4 is 19.1 Å². The van der Waals surface area contributed by atoms with Crippen molar-refractivity contribution in [3.63, 3.8) is 0 Å². The van der Waals surface area contributed by atoms with Gasteiger partial charge < -0.3 is 19.7 Å². The number of halogens is 2. The maximum Gasteiger partial charge on any atom is 0.264 e. The molecule has 0 fully saturated rings. The molecule has 1 atom stereocenters. The highest BCUT2D eigenvalue weighted by molar-refractivity contribution is 7.92. The van der Waals surface area contributed by atoms with Gasteiger partial charge >= 0.3 is 0 Å². The Balaban J connectivity index is 2.10. The van der Waals surface area contributed by atoms with Gasteiger partial charge in [0.15, 0.2) is 11.5 Å². The van der Waals surface area contributed by atoms with Crippen molar-refractivity contribution in [1.82, 2.24) is 10.2 Å². The Morgan fingerprint density at radius 2 is 1.60 bits per heavy atom. The summed E-state index contributed by atoms with van der Waals surface area (Å²) >= 11 is 12.5. The molecule has 0 saturated heterocycles. The highest BCUT2D eigenvalue weighted by Gasteiger charge is 2.34. The number of amides is 2. The summed E-state index contributed by atoms with van der Waals surface area (Å²) in [6.07, 6.45) is 1.02. The molecule has 42 heavy (non-hydrogen) atoms. The fourth-order valence-electron chi connectivity index (χ4n) is 4.34. The first-order chi connectivity index (χ1) is 20.1. The number of nitrogens with one attached hydrogen (secondary N) is 1. The molecule has 0 aliphatic rings. The van der Waals surface area contributed by atoms with Gasteiger partial charge in [0, 0.05) is 29.2 Å². The summed E-state index contributed by atoms with van der Waals surface area (Å²) in [7, 11) is -1.48. The minimum Gasteiger partial charge on any atom is -0.493 e. The van der Waals surface area contributed by atoms with Crippen LogP contribution in [0.5, 0.6) is 11.5 Å². The molecule has 0 heterocycles. The highest BCUT2D eigenvalue weighted by Crippen LogP contribution is 2.33. The van der Waals surface area contributed by atoms with E-state index in [9.17, 15) is 18.0 Å². The summed E-state index contributed by atoms with van der Waals surface area (Å²) in [4.78, 5) is 28.6. The predicted molar refractivity (Wildman–Crippen MR) is 165 cm³/mol. The van der Waals surface area contributed by atoms with Crippen LogP contribution in [0.25, 0.3) is 0 Å². The van der Waals surface area contributed by atoms with Crippen LogP contribution in [0.1, 0.15) is 32.3 Å². The van der Waals surface area contributed by atoms with Crippen molar-refractivity contribution in [2.45, 2.75) is 44.2 Å². The molecule has 3 aromatic rings. The van der Waals surface area contributed by atoms with Crippen molar-refractivity contribution in [3.05, 3.63) is 82.3 Å². The van der Waals surface area contributed by atoms with Gasteiger partial charge in [-0.2, -0.15) is 0 Å². The van der Waals surface area contributed by atoms with Crippen LogP contribution >= 0.6 is 23.2 Å². The quantitative estimate of drug-likeness (QED) is 0.249. The summed E-state index contributed by atoms with van der Waals surface area (Å²) in [5.74, 6) is -0.367. The predicted octanol–water partition coefficient (Wildman–Crippen LogP) is 5.54. The van der Waals surface area contributed by atoms with Gasteiger partial charge in [-0.1, -0.05) is 55.2 Å². The Labute approximate surface area is 257 Å². The van der Waals surface area contributed by atoms with Crippen molar-refractivity contribution < 1.29 is 27.5 Å². The summed E-state index contributed by atoms with van der Waals surface area (Å²) in [6.45, 7) is 3.56. The van der Waals surface area contributed by atoms with Crippen molar-refractivity contribution in [2.75, 3.05) is 31.6 Å². The lowest BCUT2D eigenvalue weighted by atomic mass is 10.1. The molecule has 226 valence electrons. The van der Waals surface area contributed by atoms with Crippen molar-refractivity contribution in [2.24, 2.45) is 0 Å². The first-order valence-electron chi connectivity index (χ1n) is 13.4. The van der Waals surface area contributed by atoms with Gasteiger partial charge in [0.2, 0.25) is 11.8 Å². The molecule has 0 aromatic heterocycles. The summed E-state index contributed by atoms with van der Waals surface area (Å²) in [5.41, 5.74) is 0.832. The molecule has 9 nitrogen and oxygen atoms in total. The number of benzene rings is 3. The minimum absolute atomic E-state index is 0.00141. The number of methoxy groups -OCH3 is 2. The molecule has 2 amide bonds. The molecular formula is C30H35Cl2N3O6S. The van der Waals surface area contributed by atoms with Crippen LogP contribution in [0.4, 0.5) is 5.69 Å². The van der Waals surface area contributed by atoms with E-state index in [1.54, 1.807) is 31.2 Å². The van der Waals surface area contributed by atoms with Gasteiger partial charge in [0.1, 0.15) is 12.6 Å². The van der Waals surface area contributed by atoms with E-state index < -0.39 is 28.5 Å². The third-order valence-electron chi connectivity index (χ3n) is 6.57. The standard InChI is InChI=1S/C30H35Cl2N3O6S/c1-5-17-33-30(37)26(6-2)34(19-21-9-7-8-10-25(21)32)29(36)20-35(23-13-11-22(31)12-14-23)42(38,39)24-15-16-27(40-3)28(18-24)41-4/h7-16,18,26H,5-6,17,19-20H2,1-4H3,(H,33,37)/t26-/m1/s1. The van der Waals surface area contributed by atoms with Gasteiger partial charge in [0.05, 0.1) is 24.8 Å². The van der Waals surface area contributed by atoms with Crippen molar-refractivity contribution in [1.29, 1.82) is 0 Å². The Hall–Kier alpha value is -3.47. The van der Waals surface area contributed by atoms with E-state index in [-0.39, 0.29) is 28.8 Å². The molecule has 0 radical (unpaired) electrons. The van der Waals surface area contributed by atoms with Crippen molar-refractivity contribution in [3.8, 4) is 11.5 Å². The molecule has 0 bridgehead atoms. The molecule has 12 heteroatoms. The average molecular weight is 637 g/mol. The zero-order chi connectivity index (χ0) is 30.9. The molecule has 0 spiro atoms. The normalized spacial score (nSPS) is 11.9. The van der Waals surface area contributed by atoms with Crippen LogP contribution in [0, 0.1) is 0 Å². The number of rotatable bonds is 14. The second-order valence-corrected chi connectivity index (χ2v) is 12.0. The fraction of sp³-hybridized carbons (Fsp3) is 0.333. The van der Waals surface area contributed by atoms with E-state index in [0.717, 1.165) is 4.31 Å². The van der Waals surface area contributed by atoms with Crippen LogP contribution in [0.3, 0.4) is 0 Å². The zero-order valence-electron chi connectivity index (χ0n) is 24.0. The van der Waals surface area contributed by atoms with Crippen LogP contribution in [0.15, 0.2) is 71.6 Å². The lowest BCUT2D eigenvalue weighted by molar-refractivity contribution is -0.140. The Morgan fingerprint density at radius 3 is 2.19 bits per heavy atom. The molecule has 0 unspecified atom stereocenters. The second-order valence-electron chi connectivity index (χ2n) is 9.33. The fourth-order valence-corrected chi connectivity index (χ4v) is 6.09. The molecule has 0 aliphatic carbocycles. The van der Waals surface area contributed by atoms with Gasteiger partial charge in [0.25, 0.3) is 10.0 Å². The summed E-state index contributed by atoms with van der Waals surface area (Å²) in [5, 5.41) is 3.67. The van der Waals surface area contributed by atoms with E-state index in [1.807, 2.05) is 6.92 Å². The largest absolute Gasteiger partial charge is 0.493 e. The lowest BCUT2D eigenvalue weighted by Crippen LogP contribution is -2.52. The van der Waals surface area contributed by atoms with Crippen LogP contribution in [0.2, 0.25) is 10.0 Å². The summed E-state index contributed by atoms with van der Waals surface area (Å²) in [6, 6.07) is 16.4. The number of hydrogen-bond donors (Lipinski definition) is 1. The van der Waals surface area contributed by atoms with Crippen LogP contribution in [-0.2, 0) is 26.2 Å². The zero-order valence-corrected chi connectivity index (χ0v) is 26.3. The Morgan fingerprint density at radius 1 is 0.929 bits per heavy atom. The maximum atomic E-state index is 14.1. The van der Waals surface area contributed by atoms with Gasteiger partial charge in [-0.25, -0.2) is 8.42 Å². The number of hydrogen-bond acceptors (Lipinski definition) is 6. The minimum atomic E-state index is -4.32. The number of sulfonamides is 1. The van der Waals surface area contributed by atoms with E-state index in [2.05, 4.69) is 5.32 Å². The molecule has 1 N–H and O–H groups in total. The second kappa shape index (κ2) is 15.1. The van der Waals surface area contributed by atoms with E-state index in [1.165, 1.54) is 61.6 Å². The Kier molecular flexibility index (Phi) is 11.9. The summed E-state index contributed by atoms with van der Waals surface area (Å²) < 4.78 is 39.8. The first kappa shape index (κ1) is 33.0. The first-order valence-corrected chi connectivity index (χ1v) is 15.6. The number of anilines is 1. The maximum absolute atomic E-state index is 14.1. The number of carbonyl (C=O) groups excluding carboxylic acids is 2. The lowest BCUT2D eigenvalue weighted by Gasteiger charge is -2.33. The molecule has 3 rings (SSSR count). The molecular weight excluding hydrogens is 601 g/mol. The third-order valence-corrected chi connectivity index (χ3v) is 8.96. The topological polar surface area (TPSA) is 105 Å². The highest BCUT2D eigenvalue weighted by atomic mass is 35.5. The molecule has 0 saturated carbocycles. The third kappa shape index (κ3) is 7.87. The number of ether oxygens (including phenoxy) is 2. The van der Waals surface area contributed by atoms with Crippen LogP contribution in [-0.4, -0.2) is 58.5 Å². The van der Waals surface area contributed by atoms with Gasteiger partial charge in [-0.15, -0.1) is 0 Å². The number of carbonyl (C=O) groups is 2. The Bertz CT molecular complexity index is 1480.